The third-order valence-electron chi connectivity index (χ3n) is 7.74. The Balaban J connectivity index is 1.70. The summed E-state index contributed by atoms with van der Waals surface area (Å²) in [6, 6.07) is 5.49. The van der Waals surface area contributed by atoms with Gasteiger partial charge in [0.15, 0.2) is 5.78 Å². The van der Waals surface area contributed by atoms with Crippen LogP contribution in [0.15, 0.2) is 30.4 Å². The summed E-state index contributed by atoms with van der Waals surface area (Å²) >= 11 is 7.66. The molecule has 0 saturated heterocycles. The Morgan fingerprint density at radius 3 is 2.55 bits per heavy atom. The van der Waals surface area contributed by atoms with Crippen LogP contribution in [-0.4, -0.2) is 53.0 Å². The van der Waals surface area contributed by atoms with Crippen molar-refractivity contribution in [3.05, 3.63) is 40.4 Å². The lowest BCUT2D eigenvalue weighted by molar-refractivity contribution is -0.130. The molecule has 0 spiro atoms. The smallest absolute Gasteiger partial charge is 0.224 e. The normalized spacial score (nSPS) is 15.6. The molecule has 1 heterocycles. The fraction of sp³-hybridized carbons (Fsp3) is 0.600. The summed E-state index contributed by atoms with van der Waals surface area (Å²) in [6.07, 6.45) is 6.36. The van der Waals surface area contributed by atoms with Crippen LogP contribution in [-0.2, 0) is 20.8 Å². The Kier molecular flexibility index (Phi) is 11.9. The molecule has 2 atom stereocenters. The highest BCUT2D eigenvalue weighted by Gasteiger charge is 2.31. The lowest BCUT2D eigenvalue weighted by Gasteiger charge is -2.27. The Bertz CT molecular complexity index is 1120. The number of aromatic nitrogens is 1. The Morgan fingerprint density at radius 2 is 1.89 bits per heavy atom. The minimum absolute atomic E-state index is 0.0644. The minimum Gasteiger partial charge on any atom is -0.353 e. The number of fused-ring (bicyclic) bond motifs is 1. The number of hydrogen-bond donors (Lipinski definition) is 1. The lowest BCUT2D eigenvalue weighted by atomic mass is 9.90. The Hall–Kier alpha value is -2.09. The van der Waals surface area contributed by atoms with E-state index in [0.29, 0.717) is 48.7 Å². The largest absolute Gasteiger partial charge is 0.353 e. The maximum absolute atomic E-state index is 13.6. The van der Waals surface area contributed by atoms with Crippen LogP contribution in [0.5, 0.6) is 0 Å². The zero-order valence-corrected chi connectivity index (χ0v) is 24.6. The summed E-state index contributed by atoms with van der Waals surface area (Å²) in [7, 11) is 0. The molecule has 208 valence electrons. The lowest BCUT2D eigenvalue weighted by Crippen LogP contribution is -2.44. The van der Waals surface area contributed by atoms with E-state index in [1.807, 2.05) is 25.1 Å². The minimum atomic E-state index is -0.490. The summed E-state index contributed by atoms with van der Waals surface area (Å²) < 4.78 is 0.973. The first-order valence-corrected chi connectivity index (χ1v) is 15.2. The second-order valence-electron chi connectivity index (χ2n) is 10.4. The summed E-state index contributed by atoms with van der Waals surface area (Å²) in [5.74, 6) is -0.115. The number of halogens is 1. The zero-order chi connectivity index (χ0) is 27.7. The number of nitrogens with one attached hydrogen (secondary N) is 1. The average molecular weight is 560 g/mol. The van der Waals surface area contributed by atoms with Gasteiger partial charge in [0.2, 0.25) is 5.91 Å². The molecule has 6 nitrogen and oxygen atoms in total. The maximum Gasteiger partial charge on any atom is 0.224 e. The van der Waals surface area contributed by atoms with Crippen molar-refractivity contribution in [3.8, 4) is 0 Å². The van der Waals surface area contributed by atoms with Crippen molar-refractivity contribution in [2.45, 2.75) is 84.6 Å². The molecule has 1 aliphatic rings. The molecule has 0 bridgehead atoms. The van der Waals surface area contributed by atoms with Gasteiger partial charge < -0.3 is 5.32 Å². The summed E-state index contributed by atoms with van der Waals surface area (Å²) in [5.41, 5.74) is 1.48. The Labute approximate surface area is 236 Å². The molecule has 0 radical (unpaired) electrons. The van der Waals surface area contributed by atoms with Crippen LogP contribution in [0, 0.1) is 11.8 Å². The average Bonchev–Trinajstić information content (AvgIpc) is 3.58. The van der Waals surface area contributed by atoms with Gasteiger partial charge >= 0.3 is 0 Å². The number of ketones is 2. The molecule has 1 amide bonds. The highest BCUT2D eigenvalue weighted by molar-refractivity contribution is 7.18. The topological polar surface area (TPSA) is 79.4 Å². The zero-order valence-electron chi connectivity index (χ0n) is 23.1. The van der Waals surface area contributed by atoms with E-state index in [1.165, 1.54) is 11.3 Å². The Morgan fingerprint density at radius 1 is 1.18 bits per heavy atom. The number of carbonyl (C=O) groups is 3. The van der Waals surface area contributed by atoms with Gasteiger partial charge in [0.1, 0.15) is 5.78 Å². The molecule has 0 unspecified atom stereocenters. The van der Waals surface area contributed by atoms with Gasteiger partial charge in [-0.2, -0.15) is 0 Å². The van der Waals surface area contributed by atoms with Gasteiger partial charge in [-0.1, -0.05) is 51.8 Å². The van der Waals surface area contributed by atoms with E-state index in [2.05, 4.69) is 30.6 Å². The molecular weight excluding hydrogens is 518 g/mol. The highest BCUT2D eigenvalue weighted by Crippen LogP contribution is 2.31. The number of nitrogens with zero attached hydrogens (tertiary/aromatic N) is 2. The van der Waals surface area contributed by atoms with Gasteiger partial charge in [0.25, 0.3) is 0 Å². The molecule has 1 aromatic carbocycles. The third kappa shape index (κ3) is 8.72. The number of likely N-dealkylation sites (N-methyl/N-ethyl adjacent to an activating group) is 1. The van der Waals surface area contributed by atoms with Gasteiger partial charge in [-0.05, 0) is 56.5 Å². The monoisotopic (exact) mass is 559 g/mol. The van der Waals surface area contributed by atoms with Gasteiger partial charge in [0, 0.05) is 48.9 Å². The van der Waals surface area contributed by atoms with Gasteiger partial charge in [-0.3, -0.25) is 19.3 Å². The van der Waals surface area contributed by atoms with E-state index in [9.17, 15) is 14.4 Å². The fourth-order valence-corrected chi connectivity index (χ4v) is 6.60. The van der Waals surface area contributed by atoms with Crippen LogP contribution >= 0.6 is 22.9 Å². The standard InChI is InChI=1S/C30H42ClN3O3S/c1-5-24(35)16-22(17-29-32-26-13-12-23(31)18-28(26)38-29)30(37)33-25(21-10-8-9-11-21)14-15-27(36)20(4)19-34(6-2)7-3/h12-13,18,21-22,25H,4-11,14-17,19H2,1-3H3,(H,33,37)/t22-,25+/m0/s1. The first kappa shape index (κ1) is 30.5. The molecule has 1 saturated carbocycles. The number of amides is 1. The number of thiazole rings is 1. The molecule has 1 fully saturated rings. The number of benzene rings is 1. The van der Waals surface area contributed by atoms with Crippen LogP contribution < -0.4 is 5.32 Å². The highest BCUT2D eigenvalue weighted by atomic mass is 35.5. The molecule has 8 heteroatoms. The SMILES string of the molecule is C=C(CN(CC)CC)C(=O)CC[C@@H](NC(=O)[C@@H](CC(=O)CC)Cc1nc2ccc(Cl)cc2s1)C1CCCC1. The van der Waals surface area contributed by atoms with Gasteiger partial charge in [-0.15, -0.1) is 11.3 Å². The van der Waals surface area contributed by atoms with E-state index < -0.39 is 5.92 Å². The molecule has 1 aromatic heterocycles. The molecule has 1 N–H and O–H groups in total. The van der Waals surface area contributed by atoms with E-state index >= 15 is 0 Å². The molecule has 2 aromatic rings. The summed E-state index contributed by atoms with van der Waals surface area (Å²) in [4.78, 5) is 45.8. The number of Topliss-reactive ketones (excluding diaryl/α,β-unsaturated/α-hetero) is 2. The van der Waals surface area contributed by atoms with Crippen molar-refractivity contribution < 1.29 is 14.4 Å². The van der Waals surface area contributed by atoms with Crippen LogP contribution in [0.4, 0.5) is 0 Å². The van der Waals surface area contributed by atoms with Crippen LogP contribution in [0.25, 0.3) is 10.2 Å². The van der Waals surface area contributed by atoms with Gasteiger partial charge in [0.05, 0.1) is 21.1 Å². The number of carbonyl (C=O) groups excluding carboxylic acids is 3. The van der Waals surface area contributed by atoms with E-state index in [-0.39, 0.29) is 29.9 Å². The quantitative estimate of drug-likeness (QED) is 0.241. The predicted molar refractivity (Wildman–Crippen MR) is 157 cm³/mol. The van der Waals surface area contributed by atoms with Gasteiger partial charge in [-0.25, -0.2) is 4.98 Å². The molecular formula is C30H42ClN3O3S. The molecule has 3 rings (SSSR count). The first-order valence-electron chi connectivity index (χ1n) is 14.0. The van der Waals surface area contributed by atoms with E-state index in [0.717, 1.165) is 54.0 Å². The number of hydrogen-bond acceptors (Lipinski definition) is 6. The van der Waals surface area contributed by atoms with Crippen LogP contribution in [0.3, 0.4) is 0 Å². The van der Waals surface area contributed by atoms with Crippen LogP contribution in [0.1, 0.15) is 77.1 Å². The maximum atomic E-state index is 13.6. The first-order chi connectivity index (χ1) is 18.2. The van der Waals surface area contributed by atoms with Crippen molar-refractivity contribution in [3.63, 3.8) is 0 Å². The van der Waals surface area contributed by atoms with Crippen molar-refractivity contribution in [1.29, 1.82) is 0 Å². The molecule has 0 aliphatic heterocycles. The second kappa shape index (κ2) is 14.9. The molecule has 1 aliphatic carbocycles. The summed E-state index contributed by atoms with van der Waals surface area (Å²) in [5, 5.41) is 4.76. The predicted octanol–water partition coefficient (Wildman–Crippen LogP) is 6.40. The third-order valence-corrected chi connectivity index (χ3v) is 9.01. The number of rotatable bonds is 16. The second-order valence-corrected chi connectivity index (χ2v) is 12.0. The van der Waals surface area contributed by atoms with E-state index in [1.54, 1.807) is 0 Å². The van der Waals surface area contributed by atoms with Crippen molar-refractivity contribution >= 4 is 50.6 Å². The molecule has 38 heavy (non-hydrogen) atoms. The fourth-order valence-electron chi connectivity index (χ4n) is 5.28. The van der Waals surface area contributed by atoms with Crippen LogP contribution in [0.2, 0.25) is 5.02 Å². The van der Waals surface area contributed by atoms with Crippen molar-refractivity contribution in [2.75, 3.05) is 19.6 Å². The van der Waals surface area contributed by atoms with Crippen molar-refractivity contribution in [2.24, 2.45) is 11.8 Å². The van der Waals surface area contributed by atoms with Crippen molar-refractivity contribution in [1.82, 2.24) is 15.2 Å². The summed E-state index contributed by atoms with van der Waals surface area (Å²) in [6.45, 7) is 12.4. The van der Waals surface area contributed by atoms with E-state index in [4.69, 9.17) is 16.6 Å².